The Hall–Kier alpha value is -3.70. The lowest BCUT2D eigenvalue weighted by molar-refractivity contribution is 0.0412. The van der Waals surface area contributed by atoms with E-state index in [1.165, 1.54) is 12.1 Å². The van der Waals surface area contributed by atoms with Crippen molar-refractivity contribution in [3.8, 4) is 0 Å². The molecule has 0 radical (unpaired) electrons. The number of nitrogens with zero attached hydrogens (tertiary/aromatic N) is 2. The van der Waals surface area contributed by atoms with Crippen LogP contribution in [0.15, 0.2) is 109 Å². The lowest BCUT2D eigenvalue weighted by Gasteiger charge is -2.35. The molecule has 2 unspecified atom stereocenters. The first-order valence-electron chi connectivity index (χ1n) is 10.1. The maximum absolute atomic E-state index is 14.9. The van der Waals surface area contributed by atoms with E-state index in [9.17, 15) is 8.78 Å². The SMILES string of the molecule is Fc1ccccc1C1OC(c2ccccc2F)N(c2ccccc2)N1c1ccccc1. The van der Waals surface area contributed by atoms with Crippen molar-refractivity contribution >= 4 is 11.4 Å². The number of rotatable bonds is 4. The molecular formula is C26H20F2N2O. The highest BCUT2D eigenvalue weighted by Gasteiger charge is 2.44. The van der Waals surface area contributed by atoms with Crippen molar-refractivity contribution in [1.29, 1.82) is 0 Å². The minimum Gasteiger partial charge on any atom is -0.323 e. The zero-order valence-corrected chi connectivity index (χ0v) is 16.6. The molecule has 3 nitrogen and oxygen atoms in total. The highest BCUT2D eigenvalue weighted by Crippen LogP contribution is 2.47. The van der Waals surface area contributed by atoms with Crippen molar-refractivity contribution in [3.63, 3.8) is 0 Å². The summed E-state index contributed by atoms with van der Waals surface area (Å²) in [5, 5.41) is 3.76. The monoisotopic (exact) mass is 414 g/mol. The fourth-order valence-electron chi connectivity index (χ4n) is 3.91. The molecule has 0 bridgehead atoms. The van der Waals surface area contributed by atoms with Gasteiger partial charge in [-0.15, -0.1) is 0 Å². The highest BCUT2D eigenvalue weighted by molar-refractivity contribution is 5.61. The number of hydrogen-bond acceptors (Lipinski definition) is 3. The van der Waals surface area contributed by atoms with E-state index in [1.807, 2.05) is 70.7 Å². The van der Waals surface area contributed by atoms with E-state index in [-0.39, 0.29) is 11.6 Å². The molecule has 0 N–H and O–H groups in total. The van der Waals surface area contributed by atoms with Crippen LogP contribution < -0.4 is 10.0 Å². The molecular weight excluding hydrogens is 394 g/mol. The maximum atomic E-state index is 14.9. The topological polar surface area (TPSA) is 15.7 Å². The maximum Gasteiger partial charge on any atom is 0.180 e. The second-order valence-electron chi connectivity index (χ2n) is 7.24. The summed E-state index contributed by atoms with van der Waals surface area (Å²) in [6.07, 6.45) is -1.57. The van der Waals surface area contributed by atoms with Crippen LogP contribution in [0.2, 0.25) is 0 Å². The van der Waals surface area contributed by atoms with Gasteiger partial charge in [0.15, 0.2) is 12.5 Å². The van der Waals surface area contributed by atoms with Gasteiger partial charge in [-0.25, -0.2) is 18.8 Å². The van der Waals surface area contributed by atoms with Gasteiger partial charge >= 0.3 is 0 Å². The summed E-state index contributed by atoms with van der Waals surface area (Å²) in [5.41, 5.74) is 2.37. The first-order chi connectivity index (χ1) is 15.2. The number of halogens is 2. The summed E-state index contributed by atoms with van der Waals surface area (Å²) in [6, 6.07) is 32.2. The molecule has 0 aliphatic carbocycles. The summed E-state index contributed by atoms with van der Waals surface area (Å²) in [4.78, 5) is 0. The number of hydrazine groups is 1. The largest absolute Gasteiger partial charge is 0.323 e. The fourth-order valence-corrected chi connectivity index (χ4v) is 3.91. The Morgan fingerprint density at radius 1 is 0.484 bits per heavy atom. The Bertz CT molecular complexity index is 1080. The third-order valence-electron chi connectivity index (χ3n) is 5.32. The van der Waals surface area contributed by atoms with Gasteiger partial charge in [0.2, 0.25) is 0 Å². The van der Waals surface area contributed by atoms with Crippen molar-refractivity contribution in [2.24, 2.45) is 0 Å². The molecule has 1 aliphatic rings. The number of hydrogen-bond donors (Lipinski definition) is 0. The second kappa shape index (κ2) is 8.20. The van der Waals surface area contributed by atoms with Crippen LogP contribution in [0.25, 0.3) is 0 Å². The quantitative estimate of drug-likeness (QED) is 0.373. The molecule has 0 spiro atoms. The third kappa shape index (κ3) is 3.53. The van der Waals surface area contributed by atoms with Crippen LogP contribution in [0.5, 0.6) is 0 Å². The fraction of sp³-hybridized carbons (Fsp3) is 0.0769. The molecule has 1 saturated heterocycles. The van der Waals surface area contributed by atoms with Crippen molar-refractivity contribution in [1.82, 2.24) is 0 Å². The number of benzene rings is 4. The molecule has 0 aromatic heterocycles. The second-order valence-corrected chi connectivity index (χ2v) is 7.24. The molecule has 4 aromatic carbocycles. The zero-order valence-electron chi connectivity index (χ0n) is 16.6. The Kier molecular flexibility index (Phi) is 5.10. The number of ether oxygens (including phenoxy) is 1. The van der Waals surface area contributed by atoms with Gasteiger partial charge < -0.3 is 4.74 Å². The lowest BCUT2D eigenvalue weighted by atomic mass is 10.1. The van der Waals surface area contributed by atoms with Gasteiger partial charge in [0.25, 0.3) is 0 Å². The summed E-state index contributed by atoms with van der Waals surface area (Å²) in [7, 11) is 0. The van der Waals surface area contributed by atoms with Gasteiger partial charge in [-0.3, -0.25) is 0 Å². The van der Waals surface area contributed by atoms with Crippen molar-refractivity contribution in [3.05, 3.63) is 132 Å². The van der Waals surface area contributed by atoms with Crippen molar-refractivity contribution in [2.45, 2.75) is 12.5 Å². The predicted molar refractivity (Wildman–Crippen MR) is 117 cm³/mol. The predicted octanol–water partition coefficient (Wildman–Crippen LogP) is 6.62. The molecule has 4 aromatic rings. The van der Waals surface area contributed by atoms with E-state index in [2.05, 4.69) is 0 Å². The van der Waals surface area contributed by atoms with Gasteiger partial charge in [0.05, 0.1) is 11.4 Å². The molecule has 1 heterocycles. The standard InChI is InChI=1S/C26H20F2N2O/c27-23-17-9-7-15-21(23)25-29(19-11-3-1-4-12-19)30(20-13-5-2-6-14-20)26(31-25)22-16-8-10-18-24(22)28/h1-18,25-26H. The van der Waals surface area contributed by atoms with Crippen LogP contribution >= 0.6 is 0 Å². The summed E-state index contributed by atoms with van der Waals surface area (Å²) >= 11 is 0. The van der Waals surface area contributed by atoms with E-state index in [1.54, 1.807) is 36.4 Å². The molecule has 1 aliphatic heterocycles. The Morgan fingerprint density at radius 2 is 0.839 bits per heavy atom. The molecule has 1 fully saturated rings. The molecule has 2 atom stereocenters. The smallest absolute Gasteiger partial charge is 0.180 e. The van der Waals surface area contributed by atoms with Crippen LogP contribution in [0.3, 0.4) is 0 Å². The van der Waals surface area contributed by atoms with Crippen molar-refractivity contribution < 1.29 is 13.5 Å². The van der Waals surface area contributed by atoms with Gasteiger partial charge in [-0.2, -0.15) is 0 Å². The van der Waals surface area contributed by atoms with Crippen LogP contribution in [-0.4, -0.2) is 0 Å². The summed E-state index contributed by atoms with van der Waals surface area (Å²) in [6.45, 7) is 0. The van der Waals surface area contributed by atoms with Crippen LogP contribution in [0, 0.1) is 11.6 Å². The number of anilines is 2. The molecule has 0 amide bonds. The van der Waals surface area contributed by atoms with E-state index in [0.29, 0.717) is 11.1 Å². The first kappa shape index (κ1) is 19.3. The van der Waals surface area contributed by atoms with Crippen LogP contribution in [0.4, 0.5) is 20.2 Å². The molecule has 5 rings (SSSR count). The van der Waals surface area contributed by atoms with Crippen molar-refractivity contribution in [2.75, 3.05) is 10.0 Å². The minimum atomic E-state index is -0.784. The Balaban J connectivity index is 1.73. The van der Waals surface area contributed by atoms with E-state index in [0.717, 1.165) is 11.4 Å². The first-order valence-corrected chi connectivity index (χ1v) is 10.1. The van der Waals surface area contributed by atoms with E-state index >= 15 is 0 Å². The molecule has 0 saturated carbocycles. The highest BCUT2D eigenvalue weighted by atomic mass is 19.1. The molecule has 5 heteroatoms. The average Bonchev–Trinajstić information content (AvgIpc) is 3.21. The van der Waals surface area contributed by atoms with E-state index in [4.69, 9.17) is 4.74 Å². The summed E-state index contributed by atoms with van der Waals surface area (Å²) < 4.78 is 36.1. The normalized spacial score (nSPS) is 18.4. The molecule has 31 heavy (non-hydrogen) atoms. The minimum absolute atomic E-state index is 0.379. The van der Waals surface area contributed by atoms with Gasteiger partial charge in [-0.1, -0.05) is 72.8 Å². The van der Waals surface area contributed by atoms with Gasteiger partial charge in [0.1, 0.15) is 11.6 Å². The Morgan fingerprint density at radius 3 is 1.23 bits per heavy atom. The average molecular weight is 414 g/mol. The van der Waals surface area contributed by atoms with Gasteiger partial charge in [-0.05, 0) is 36.4 Å². The van der Waals surface area contributed by atoms with E-state index < -0.39 is 12.5 Å². The Labute approximate surface area is 179 Å². The zero-order chi connectivity index (χ0) is 21.2. The lowest BCUT2D eigenvalue weighted by Crippen LogP contribution is -2.39. The van der Waals surface area contributed by atoms with Crippen LogP contribution in [0.1, 0.15) is 23.6 Å². The number of para-hydroxylation sites is 2. The summed E-state index contributed by atoms with van der Waals surface area (Å²) in [5.74, 6) is -0.758. The van der Waals surface area contributed by atoms with Crippen LogP contribution in [-0.2, 0) is 4.74 Å². The van der Waals surface area contributed by atoms with Gasteiger partial charge in [0, 0.05) is 11.1 Å². The third-order valence-corrected chi connectivity index (χ3v) is 5.32. The molecule has 154 valence electrons.